The van der Waals surface area contributed by atoms with Crippen LogP contribution in [-0.2, 0) is 26.6 Å². The van der Waals surface area contributed by atoms with Crippen LogP contribution >= 0.6 is 0 Å². The summed E-state index contributed by atoms with van der Waals surface area (Å²) in [5, 5.41) is 0.779. The molecule has 0 atom stereocenters. The maximum Gasteiger partial charge on any atom is 0.340 e. The maximum atomic E-state index is 12.9. The van der Waals surface area contributed by atoms with Gasteiger partial charge in [0.15, 0.2) is 0 Å². The first-order valence-electron chi connectivity index (χ1n) is 14.7. The highest BCUT2D eigenvalue weighted by Gasteiger charge is 2.41. The standard InChI is InChI=1S/C32H31N3O8S2/c36-30-25-12-2-5-15-28(25)44(39,40)34(30)19-9-7-17-33(22-24-21-23-11-1-4-14-27(23)43-32(24)38)18-8-10-20-35-31(37)26-13-3-6-16-29(26)45(35,41)42/h1-6,11-16,21H,7-10,17-20,22H2. The Morgan fingerprint density at radius 2 is 1.11 bits per heavy atom. The van der Waals surface area contributed by atoms with Crippen LogP contribution in [0.5, 0.6) is 0 Å². The Kier molecular flexibility index (Phi) is 8.33. The molecule has 6 rings (SSSR count). The predicted molar refractivity (Wildman–Crippen MR) is 166 cm³/mol. The van der Waals surface area contributed by atoms with Crippen LogP contribution in [0.4, 0.5) is 0 Å². The minimum absolute atomic E-state index is 0.0150. The molecule has 1 aromatic heterocycles. The molecule has 0 fully saturated rings. The van der Waals surface area contributed by atoms with Crippen molar-refractivity contribution < 1.29 is 30.8 Å². The molecule has 234 valence electrons. The summed E-state index contributed by atoms with van der Waals surface area (Å²) in [5.74, 6) is -1.07. The fourth-order valence-electron chi connectivity index (χ4n) is 5.81. The first kappa shape index (κ1) is 30.7. The Morgan fingerprint density at radius 3 is 1.64 bits per heavy atom. The van der Waals surface area contributed by atoms with Crippen LogP contribution in [0.15, 0.2) is 97.9 Å². The molecule has 0 radical (unpaired) electrons. The number of carbonyl (C=O) groups is 2. The van der Waals surface area contributed by atoms with E-state index in [4.69, 9.17) is 4.42 Å². The molecule has 45 heavy (non-hydrogen) atoms. The molecule has 0 spiro atoms. The van der Waals surface area contributed by atoms with Gasteiger partial charge in [-0.3, -0.25) is 14.5 Å². The SMILES string of the molecule is O=C1c2ccccc2S(=O)(=O)N1CCCCN(CCCCN1C(=O)c2ccccc2S1(=O)=O)Cc1cc2ccccc2oc1=O. The smallest absolute Gasteiger partial charge is 0.340 e. The third kappa shape index (κ3) is 5.78. The highest BCUT2D eigenvalue weighted by molar-refractivity contribution is 7.90. The molecule has 2 amide bonds. The minimum atomic E-state index is -3.90. The first-order chi connectivity index (χ1) is 21.6. The highest BCUT2D eigenvalue weighted by atomic mass is 32.2. The lowest BCUT2D eigenvalue weighted by Crippen LogP contribution is -2.33. The third-order valence-corrected chi connectivity index (χ3v) is 11.8. The van der Waals surface area contributed by atoms with Crippen LogP contribution in [0.1, 0.15) is 52.0 Å². The molecule has 4 aromatic rings. The molecule has 2 aliphatic rings. The summed E-state index contributed by atoms with van der Waals surface area (Å²) in [7, 11) is -7.79. The van der Waals surface area contributed by atoms with Crippen molar-refractivity contribution in [3.8, 4) is 0 Å². The average Bonchev–Trinajstić information content (AvgIpc) is 3.35. The van der Waals surface area contributed by atoms with Crippen LogP contribution in [-0.4, -0.2) is 68.3 Å². The summed E-state index contributed by atoms with van der Waals surface area (Å²) >= 11 is 0. The minimum Gasteiger partial charge on any atom is -0.422 e. The fraction of sp³-hybridized carbons (Fsp3) is 0.281. The molecule has 3 aromatic carbocycles. The molecule has 13 heteroatoms. The highest BCUT2D eigenvalue weighted by Crippen LogP contribution is 2.31. The first-order valence-corrected chi connectivity index (χ1v) is 17.5. The van der Waals surface area contributed by atoms with E-state index in [2.05, 4.69) is 0 Å². The Hall–Kier alpha value is -4.33. The van der Waals surface area contributed by atoms with Crippen molar-refractivity contribution in [2.24, 2.45) is 0 Å². The quantitative estimate of drug-likeness (QED) is 0.165. The van der Waals surface area contributed by atoms with Gasteiger partial charge in [0.25, 0.3) is 31.9 Å². The van der Waals surface area contributed by atoms with Gasteiger partial charge < -0.3 is 4.42 Å². The number of nitrogens with zero attached hydrogens (tertiary/aromatic N) is 3. The van der Waals surface area contributed by atoms with Gasteiger partial charge in [-0.05, 0) is 75.2 Å². The van der Waals surface area contributed by atoms with Gasteiger partial charge in [0, 0.05) is 25.0 Å². The number of unbranched alkanes of at least 4 members (excludes halogenated alkanes) is 2. The van der Waals surface area contributed by atoms with Gasteiger partial charge in [-0.25, -0.2) is 30.2 Å². The van der Waals surface area contributed by atoms with Gasteiger partial charge >= 0.3 is 5.63 Å². The van der Waals surface area contributed by atoms with Crippen LogP contribution in [0.25, 0.3) is 11.0 Å². The zero-order valence-electron chi connectivity index (χ0n) is 24.3. The van der Waals surface area contributed by atoms with Crippen molar-refractivity contribution in [2.75, 3.05) is 26.2 Å². The summed E-state index contributed by atoms with van der Waals surface area (Å²) in [4.78, 5) is 40.4. The molecule has 0 N–H and O–H groups in total. The predicted octanol–water partition coefficient (Wildman–Crippen LogP) is 3.84. The van der Waals surface area contributed by atoms with Gasteiger partial charge in [-0.2, -0.15) is 0 Å². The number of benzene rings is 3. The molecule has 11 nitrogen and oxygen atoms in total. The van der Waals surface area contributed by atoms with Gasteiger partial charge in [0.2, 0.25) is 0 Å². The lowest BCUT2D eigenvalue weighted by atomic mass is 10.1. The van der Waals surface area contributed by atoms with E-state index >= 15 is 0 Å². The molecule has 0 unspecified atom stereocenters. The number of amides is 2. The van der Waals surface area contributed by atoms with Crippen molar-refractivity contribution in [3.63, 3.8) is 0 Å². The molecular weight excluding hydrogens is 618 g/mol. The second-order valence-electron chi connectivity index (χ2n) is 11.0. The summed E-state index contributed by atoms with van der Waals surface area (Å²) < 4.78 is 59.0. The molecular formula is C32H31N3O8S2. The van der Waals surface area contributed by atoms with Crippen LogP contribution in [0.2, 0.25) is 0 Å². The Morgan fingerprint density at radius 1 is 0.622 bits per heavy atom. The van der Waals surface area contributed by atoms with E-state index in [-0.39, 0.29) is 40.6 Å². The van der Waals surface area contributed by atoms with Gasteiger partial charge in [-0.15, -0.1) is 0 Å². The molecule has 0 bridgehead atoms. The summed E-state index contributed by atoms with van der Waals surface area (Å²) in [6, 6.07) is 21.3. The summed E-state index contributed by atoms with van der Waals surface area (Å²) in [5.41, 5.74) is 0.811. The fourth-order valence-corrected chi connectivity index (χ4v) is 9.03. The molecule has 0 saturated heterocycles. The third-order valence-electron chi connectivity index (χ3n) is 8.10. The topological polar surface area (TPSA) is 142 Å². The number of hydrogen-bond acceptors (Lipinski definition) is 9. The zero-order chi connectivity index (χ0) is 31.8. The van der Waals surface area contributed by atoms with E-state index in [0.717, 1.165) is 14.0 Å². The van der Waals surface area contributed by atoms with Crippen LogP contribution in [0.3, 0.4) is 0 Å². The average molecular weight is 650 g/mol. The van der Waals surface area contributed by atoms with Crippen molar-refractivity contribution in [1.82, 2.24) is 13.5 Å². The molecule has 3 heterocycles. The second-order valence-corrected chi connectivity index (χ2v) is 14.7. The number of sulfonamides is 2. The van der Waals surface area contributed by atoms with E-state index in [0.29, 0.717) is 49.9 Å². The Bertz CT molecular complexity index is 1970. The van der Waals surface area contributed by atoms with Crippen LogP contribution in [0, 0.1) is 0 Å². The second kappa shape index (κ2) is 12.2. The van der Waals surface area contributed by atoms with E-state index in [9.17, 15) is 31.2 Å². The van der Waals surface area contributed by atoms with Gasteiger partial charge in [0.1, 0.15) is 15.4 Å². The van der Waals surface area contributed by atoms with Crippen LogP contribution < -0.4 is 5.63 Å². The normalized spacial score (nSPS) is 16.5. The number of rotatable bonds is 12. The summed E-state index contributed by atoms with van der Waals surface area (Å²) in [6.07, 6.45) is 1.87. The van der Waals surface area contributed by atoms with Crippen molar-refractivity contribution in [3.05, 3.63) is 106 Å². The zero-order valence-corrected chi connectivity index (χ0v) is 25.9. The van der Waals surface area contributed by atoms with Crippen molar-refractivity contribution >= 4 is 42.8 Å². The number of carbonyl (C=O) groups excluding carboxylic acids is 2. The summed E-state index contributed by atoms with van der Waals surface area (Å²) in [6.45, 7) is 1.27. The van der Waals surface area contributed by atoms with Gasteiger partial charge in [-0.1, -0.05) is 42.5 Å². The number of hydrogen-bond donors (Lipinski definition) is 0. The Balaban J connectivity index is 1.11. The van der Waals surface area contributed by atoms with E-state index < -0.39 is 37.5 Å². The van der Waals surface area contributed by atoms with E-state index in [1.165, 1.54) is 24.3 Å². The largest absolute Gasteiger partial charge is 0.422 e. The number of fused-ring (bicyclic) bond motifs is 3. The molecule has 2 aliphatic heterocycles. The molecule has 0 aliphatic carbocycles. The van der Waals surface area contributed by atoms with E-state index in [1.54, 1.807) is 42.5 Å². The van der Waals surface area contributed by atoms with Gasteiger partial charge in [0.05, 0.1) is 16.7 Å². The Labute approximate surface area is 260 Å². The maximum absolute atomic E-state index is 12.9. The lowest BCUT2D eigenvalue weighted by molar-refractivity contribution is 0.0861. The lowest BCUT2D eigenvalue weighted by Gasteiger charge is -2.23. The number of para-hydroxylation sites is 1. The van der Waals surface area contributed by atoms with E-state index in [1.807, 2.05) is 17.0 Å². The molecule has 0 saturated carbocycles. The van der Waals surface area contributed by atoms with Crippen molar-refractivity contribution in [1.29, 1.82) is 0 Å². The monoisotopic (exact) mass is 649 g/mol. The van der Waals surface area contributed by atoms with Crippen molar-refractivity contribution in [2.45, 2.75) is 42.0 Å².